The molecule has 2 atom stereocenters. The zero-order valence-corrected chi connectivity index (χ0v) is 13.9. The van der Waals surface area contributed by atoms with Gasteiger partial charge in [-0.05, 0) is 31.4 Å². The number of H-pyrrole nitrogens is 1. The van der Waals surface area contributed by atoms with Gasteiger partial charge in [0.2, 0.25) is 0 Å². The van der Waals surface area contributed by atoms with Crippen molar-refractivity contribution in [2.24, 2.45) is 5.92 Å². The second-order valence-corrected chi connectivity index (χ2v) is 8.79. The highest BCUT2D eigenvalue weighted by Gasteiger charge is 2.47. The number of carbonyl (C=O) groups excluding carboxylic acids is 1. The summed E-state index contributed by atoms with van der Waals surface area (Å²) in [6.45, 7) is 0. The molecule has 0 bridgehead atoms. The van der Waals surface area contributed by atoms with E-state index < -0.39 is 15.6 Å². The van der Waals surface area contributed by atoms with Gasteiger partial charge in [0.15, 0.2) is 21.4 Å². The maximum absolute atomic E-state index is 12.5. The first kappa shape index (κ1) is 15.6. The van der Waals surface area contributed by atoms with Gasteiger partial charge in [0, 0.05) is 17.4 Å². The molecule has 7 nitrogen and oxygen atoms in total. The van der Waals surface area contributed by atoms with Gasteiger partial charge in [-0.25, -0.2) is 13.2 Å². The van der Waals surface area contributed by atoms with E-state index in [-0.39, 0.29) is 32.8 Å². The van der Waals surface area contributed by atoms with E-state index in [1.54, 1.807) is 0 Å². The van der Waals surface area contributed by atoms with Crippen molar-refractivity contribution in [2.75, 3.05) is 0 Å². The van der Waals surface area contributed by atoms with Gasteiger partial charge >= 0.3 is 5.76 Å². The van der Waals surface area contributed by atoms with E-state index in [1.165, 1.54) is 18.2 Å². The van der Waals surface area contributed by atoms with Crippen molar-refractivity contribution >= 4 is 27.2 Å². The van der Waals surface area contributed by atoms with Crippen LogP contribution in [0, 0.1) is 5.92 Å². The lowest BCUT2D eigenvalue weighted by Gasteiger charge is -2.07. The highest BCUT2D eigenvalue weighted by Crippen LogP contribution is 2.48. The summed E-state index contributed by atoms with van der Waals surface area (Å²) >= 11 is 6.11. The van der Waals surface area contributed by atoms with Gasteiger partial charge in [-0.2, -0.15) is 0 Å². The molecule has 2 saturated carbocycles. The van der Waals surface area contributed by atoms with Crippen LogP contribution in [0.25, 0.3) is 0 Å². The number of aromatic nitrogens is 2. The van der Waals surface area contributed by atoms with Crippen molar-refractivity contribution in [1.82, 2.24) is 10.1 Å². The average molecular weight is 369 g/mol. The Morgan fingerprint density at radius 1 is 1.33 bits per heavy atom. The number of hydrogen-bond donors (Lipinski definition) is 1. The van der Waals surface area contributed by atoms with Crippen LogP contribution < -0.4 is 5.76 Å². The van der Waals surface area contributed by atoms with E-state index in [0.29, 0.717) is 30.7 Å². The molecule has 0 saturated heterocycles. The Bertz CT molecular complexity index is 989. The van der Waals surface area contributed by atoms with E-state index in [1.807, 2.05) is 0 Å². The Morgan fingerprint density at radius 2 is 2.08 bits per heavy atom. The lowest BCUT2D eigenvalue weighted by atomic mass is 10.1. The van der Waals surface area contributed by atoms with Crippen LogP contribution >= 0.6 is 11.6 Å². The van der Waals surface area contributed by atoms with Crippen molar-refractivity contribution in [1.29, 1.82) is 0 Å². The third-order valence-electron chi connectivity index (χ3n) is 4.42. The number of ketones is 1. The fourth-order valence-electron chi connectivity index (χ4n) is 2.85. The summed E-state index contributed by atoms with van der Waals surface area (Å²) in [6, 6.07) is 4.29. The first-order valence-electron chi connectivity index (χ1n) is 7.51. The van der Waals surface area contributed by atoms with Gasteiger partial charge in [-0.1, -0.05) is 22.8 Å². The molecular weight excluding hydrogens is 356 g/mol. The van der Waals surface area contributed by atoms with Gasteiger partial charge in [0.1, 0.15) is 0 Å². The molecule has 0 unspecified atom stereocenters. The second-order valence-electron chi connectivity index (χ2n) is 6.18. The fourth-order valence-corrected chi connectivity index (χ4v) is 5.05. The molecule has 2 aromatic rings. The topological polar surface area (TPSA) is 110 Å². The van der Waals surface area contributed by atoms with Crippen LogP contribution in [0.2, 0.25) is 5.02 Å². The van der Waals surface area contributed by atoms with Gasteiger partial charge < -0.3 is 0 Å². The Morgan fingerprint density at radius 3 is 2.67 bits per heavy atom. The van der Waals surface area contributed by atoms with Gasteiger partial charge in [-0.15, -0.1) is 0 Å². The second kappa shape index (κ2) is 5.29. The average Bonchev–Trinajstić information content (AvgIpc) is 3.44. The molecule has 1 aromatic carbocycles. The molecule has 1 aromatic heterocycles. The number of halogens is 1. The third-order valence-corrected chi connectivity index (χ3v) is 7.16. The van der Waals surface area contributed by atoms with Crippen LogP contribution in [0.1, 0.15) is 41.4 Å². The molecule has 2 fully saturated rings. The highest BCUT2D eigenvalue weighted by atomic mass is 35.5. The summed E-state index contributed by atoms with van der Waals surface area (Å²) in [4.78, 5) is 26.0. The van der Waals surface area contributed by atoms with Gasteiger partial charge in [0.25, 0.3) is 0 Å². The predicted octanol–water partition coefficient (Wildman–Crippen LogP) is 1.94. The summed E-state index contributed by atoms with van der Waals surface area (Å²) in [7, 11) is -3.40. The lowest BCUT2D eigenvalue weighted by Crippen LogP contribution is -2.09. The zero-order chi connectivity index (χ0) is 17.1. The maximum Gasteiger partial charge on any atom is 0.438 e. The standard InChI is InChI=1S/C15H13ClN2O5S/c16-11-5-7(1-4-12(11)24(21,22)8-2-3-8)13(19)9-6-10(9)14-17-15(20)23-18-14/h1,4-5,8-10H,2-3,6H2,(H,17,18,20)/t9-,10-/m0/s1. The van der Waals surface area contributed by atoms with Crippen molar-refractivity contribution in [2.45, 2.75) is 35.3 Å². The molecule has 24 heavy (non-hydrogen) atoms. The molecule has 0 amide bonds. The largest absolute Gasteiger partial charge is 0.438 e. The summed E-state index contributed by atoms with van der Waals surface area (Å²) in [6.07, 6.45) is 1.86. The molecule has 0 radical (unpaired) electrons. The molecular formula is C15H13ClN2O5S. The van der Waals surface area contributed by atoms with E-state index >= 15 is 0 Å². The van der Waals surface area contributed by atoms with Crippen LogP contribution in [0.15, 0.2) is 32.4 Å². The van der Waals surface area contributed by atoms with Crippen LogP contribution in [0.4, 0.5) is 0 Å². The zero-order valence-electron chi connectivity index (χ0n) is 12.4. The Balaban J connectivity index is 1.56. The number of Topliss-reactive ketones (excluding diaryl/α,β-unsaturated/α-hetero) is 1. The minimum absolute atomic E-state index is 0.0693. The Labute approximate surface area is 141 Å². The minimum atomic E-state index is -3.40. The SMILES string of the molecule is O=C(c1ccc(S(=O)(=O)C2CC2)c(Cl)c1)[C@H]1C[C@@H]1c1noc(=O)[nH]1. The number of carbonyl (C=O) groups is 1. The van der Waals surface area contributed by atoms with Gasteiger partial charge in [-0.3, -0.25) is 14.3 Å². The summed E-state index contributed by atoms with van der Waals surface area (Å²) in [5.74, 6) is -0.940. The number of sulfone groups is 1. The van der Waals surface area contributed by atoms with E-state index in [9.17, 15) is 18.0 Å². The van der Waals surface area contributed by atoms with E-state index in [4.69, 9.17) is 11.6 Å². The quantitative estimate of drug-likeness (QED) is 0.807. The maximum atomic E-state index is 12.5. The van der Waals surface area contributed by atoms with Crippen LogP contribution in [0.3, 0.4) is 0 Å². The van der Waals surface area contributed by atoms with Crippen LogP contribution in [0.5, 0.6) is 0 Å². The Kier molecular flexibility index (Phi) is 3.43. The predicted molar refractivity (Wildman–Crippen MR) is 84.0 cm³/mol. The number of rotatable bonds is 5. The number of nitrogens with one attached hydrogen (secondary N) is 1. The number of benzene rings is 1. The number of aromatic amines is 1. The summed E-state index contributed by atoms with van der Waals surface area (Å²) in [5, 5.41) is 3.31. The third kappa shape index (κ3) is 2.59. The monoisotopic (exact) mass is 368 g/mol. The number of nitrogens with zero attached hydrogens (tertiary/aromatic N) is 1. The van der Waals surface area contributed by atoms with Crippen molar-refractivity contribution in [3.8, 4) is 0 Å². The smallest absolute Gasteiger partial charge is 0.296 e. The van der Waals surface area contributed by atoms with Gasteiger partial charge in [0.05, 0.1) is 15.2 Å². The minimum Gasteiger partial charge on any atom is -0.296 e. The molecule has 4 rings (SSSR count). The van der Waals surface area contributed by atoms with Crippen molar-refractivity contribution in [3.63, 3.8) is 0 Å². The first-order chi connectivity index (χ1) is 11.4. The van der Waals surface area contributed by atoms with Crippen LogP contribution in [-0.4, -0.2) is 29.6 Å². The summed E-state index contributed by atoms with van der Waals surface area (Å²) in [5.41, 5.74) is 0.355. The van der Waals surface area contributed by atoms with E-state index in [0.717, 1.165) is 0 Å². The molecule has 126 valence electrons. The van der Waals surface area contributed by atoms with Crippen LogP contribution in [-0.2, 0) is 9.84 Å². The first-order valence-corrected chi connectivity index (χ1v) is 9.44. The van der Waals surface area contributed by atoms with Crippen molar-refractivity contribution in [3.05, 3.63) is 45.2 Å². The molecule has 2 aliphatic rings. The Hall–Kier alpha value is -1.93. The molecule has 2 aliphatic carbocycles. The molecule has 1 N–H and O–H groups in total. The molecule has 0 aliphatic heterocycles. The fraction of sp³-hybridized carbons (Fsp3) is 0.400. The molecule has 0 spiro atoms. The number of hydrogen-bond acceptors (Lipinski definition) is 6. The molecule has 9 heteroatoms. The van der Waals surface area contributed by atoms with Crippen molar-refractivity contribution < 1.29 is 17.7 Å². The normalized spacial score (nSPS) is 23.2. The molecule has 1 heterocycles. The summed E-state index contributed by atoms with van der Waals surface area (Å²) < 4.78 is 29.0. The highest BCUT2D eigenvalue weighted by molar-refractivity contribution is 7.92. The lowest BCUT2D eigenvalue weighted by molar-refractivity contribution is 0.0964. The van der Waals surface area contributed by atoms with E-state index in [2.05, 4.69) is 14.7 Å².